The van der Waals surface area contributed by atoms with Gasteiger partial charge in [-0.3, -0.25) is 0 Å². The number of aromatic nitrogens is 3. The van der Waals surface area contributed by atoms with E-state index in [0.29, 0.717) is 32.0 Å². The van der Waals surface area contributed by atoms with E-state index in [1.807, 2.05) is 91.0 Å². The maximum atomic E-state index is 9.55. The first-order valence-electron chi connectivity index (χ1n) is 19.1. The van der Waals surface area contributed by atoms with Gasteiger partial charge < -0.3 is 0 Å². The van der Waals surface area contributed by atoms with Gasteiger partial charge in [0.15, 0.2) is 17.5 Å². The van der Waals surface area contributed by atoms with Gasteiger partial charge in [-0.15, -0.1) is 22.7 Å². The predicted molar refractivity (Wildman–Crippen MR) is 213 cm³/mol. The lowest BCUT2D eigenvalue weighted by Crippen LogP contribution is -2.00. The third-order valence-electron chi connectivity index (χ3n) is 8.82. The summed E-state index contributed by atoms with van der Waals surface area (Å²) in [7, 11) is 0. The Morgan fingerprint density at radius 3 is 1.68 bits per heavy atom. The summed E-state index contributed by atoms with van der Waals surface area (Å²) in [6, 6.07) is 40.7. The third kappa shape index (κ3) is 5.07. The average molecular weight is 680 g/mol. The Balaban J connectivity index is 1.21. The van der Waals surface area contributed by atoms with Crippen LogP contribution in [0.1, 0.15) is 8.22 Å². The topological polar surface area (TPSA) is 38.7 Å². The molecule has 50 heavy (non-hydrogen) atoms. The van der Waals surface area contributed by atoms with Crippen molar-refractivity contribution in [3.8, 4) is 56.4 Å². The van der Waals surface area contributed by atoms with Crippen molar-refractivity contribution in [1.29, 1.82) is 0 Å². The molecule has 3 heterocycles. The van der Waals surface area contributed by atoms with E-state index in [-0.39, 0.29) is 58.6 Å². The van der Waals surface area contributed by atoms with Gasteiger partial charge in [0.05, 0.1) is 8.22 Å². The van der Waals surface area contributed by atoms with Crippen LogP contribution in [0.5, 0.6) is 0 Å². The van der Waals surface area contributed by atoms with Crippen LogP contribution in [0.3, 0.4) is 0 Å². The predicted octanol–water partition coefficient (Wildman–Crippen LogP) is 12.9. The van der Waals surface area contributed by atoms with Crippen LogP contribution in [0.15, 0.2) is 164 Å². The second-order valence-electron chi connectivity index (χ2n) is 11.9. The maximum Gasteiger partial charge on any atom is 0.164 e. The second kappa shape index (κ2) is 11.8. The smallest absolute Gasteiger partial charge is 0.164 e. The van der Waals surface area contributed by atoms with Gasteiger partial charge in [-0.2, -0.15) is 0 Å². The minimum atomic E-state index is -0.258. The summed E-state index contributed by atoms with van der Waals surface area (Å²) in [6.45, 7) is 0. The lowest BCUT2D eigenvalue weighted by Gasteiger charge is -2.10. The van der Waals surface area contributed by atoms with Crippen molar-refractivity contribution in [3.63, 3.8) is 0 Å². The molecule has 5 heteroatoms. The quantitative estimate of drug-likeness (QED) is 0.182. The summed E-state index contributed by atoms with van der Waals surface area (Å²) in [5, 5.41) is 2.75. The van der Waals surface area contributed by atoms with Gasteiger partial charge in [-0.25, -0.2) is 15.0 Å². The van der Waals surface area contributed by atoms with Crippen molar-refractivity contribution in [3.05, 3.63) is 164 Å². The molecule has 10 rings (SSSR count). The Bertz CT molecular complexity index is 3200. The van der Waals surface area contributed by atoms with E-state index in [0.717, 1.165) is 49.1 Å². The molecule has 0 aliphatic rings. The van der Waals surface area contributed by atoms with E-state index in [9.17, 15) is 5.48 Å². The number of nitrogens with zero attached hydrogens (tertiary/aromatic N) is 3. The van der Waals surface area contributed by atoms with Crippen molar-refractivity contribution in [2.45, 2.75) is 0 Å². The highest BCUT2D eigenvalue weighted by Crippen LogP contribution is 2.39. The van der Waals surface area contributed by atoms with E-state index >= 15 is 0 Å². The van der Waals surface area contributed by atoms with Gasteiger partial charge in [0.25, 0.3) is 0 Å². The Kier molecular flexibility index (Phi) is 5.54. The number of rotatable bonds is 5. The molecule has 0 aliphatic heterocycles. The highest BCUT2D eigenvalue weighted by Gasteiger charge is 2.16. The standard InChI is InChI=1S/C45H27N3S2/c1-3-9-28(10-4-1)30-15-17-31(18-16-30)43-46-44(33-21-24-40-38(26-33)35-13-7-8-14-39(35)49-40)48-45(47-43)34-19-22-36-37-25-32(29-11-5-2-6-12-29)20-23-41(37)50-42(36)27-34/h1-27H/i19D,20D,22D,23D,25D,27D. The van der Waals surface area contributed by atoms with Crippen molar-refractivity contribution in [2.24, 2.45) is 0 Å². The molecular formula is C45H27N3S2. The molecule has 0 amide bonds. The highest BCUT2D eigenvalue weighted by molar-refractivity contribution is 7.26. The largest absolute Gasteiger partial charge is 0.208 e. The number of hydrogen-bond acceptors (Lipinski definition) is 5. The summed E-state index contributed by atoms with van der Waals surface area (Å²) in [5.41, 5.74) is 4.53. The Morgan fingerprint density at radius 2 is 0.900 bits per heavy atom. The minimum absolute atomic E-state index is 0.00136. The molecule has 0 fully saturated rings. The Labute approximate surface area is 305 Å². The van der Waals surface area contributed by atoms with E-state index < -0.39 is 0 Å². The fourth-order valence-corrected chi connectivity index (χ4v) is 8.36. The number of benzene rings is 7. The van der Waals surface area contributed by atoms with Crippen molar-refractivity contribution in [2.75, 3.05) is 0 Å². The minimum Gasteiger partial charge on any atom is -0.208 e. The molecule has 0 bridgehead atoms. The molecule has 10 aromatic rings. The van der Waals surface area contributed by atoms with Crippen LogP contribution >= 0.6 is 22.7 Å². The van der Waals surface area contributed by atoms with Crippen LogP contribution < -0.4 is 0 Å². The van der Waals surface area contributed by atoms with Crippen LogP contribution in [0.25, 0.3) is 96.8 Å². The maximum absolute atomic E-state index is 9.55. The molecular weight excluding hydrogens is 647 g/mol. The molecule has 0 radical (unpaired) electrons. The molecule has 234 valence electrons. The number of hydrogen-bond donors (Lipinski definition) is 0. The summed E-state index contributed by atoms with van der Waals surface area (Å²) in [6.07, 6.45) is 0. The first-order valence-corrected chi connectivity index (χ1v) is 17.7. The highest BCUT2D eigenvalue weighted by atomic mass is 32.1. The van der Waals surface area contributed by atoms with Gasteiger partial charge >= 0.3 is 0 Å². The van der Waals surface area contributed by atoms with Gasteiger partial charge in [0.1, 0.15) is 0 Å². The zero-order valence-corrected chi connectivity index (χ0v) is 27.9. The molecule has 0 aliphatic carbocycles. The van der Waals surface area contributed by atoms with Gasteiger partial charge in [0.2, 0.25) is 0 Å². The normalized spacial score (nSPS) is 13.3. The summed E-state index contributed by atoms with van der Waals surface area (Å²) >= 11 is 2.81. The van der Waals surface area contributed by atoms with E-state index in [1.54, 1.807) is 23.5 Å². The third-order valence-corrected chi connectivity index (χ3v) is 11.0. The van der Waals surface area contributed by atoms with Gasteiger partial charge in [0, 0.05) is 57.0 Å². The molecule has 0 N–H and O–H groups in total. The van der Waals surface area contributed by atoms with Crippen LogP contribution in [0.4, 0.5) is 0 Å². The summed E-state index contributed by atoms with van der Waals surface area (Å²) < 4.78 is 58.3. The molecule has 0 atom stereocenters. The van der Waals surface area contributed by atoms with E-state index in [4.69, 9.17) is 17.7 Å². The fourth-order valence-electron chi connectivity index (χ4n) is 6.31. The molecule has 3 nitrogen and oxygen atoms in total. The molecule has 0 saturated heterocycles. The monoisotopic (exact) mass is 679 g/mol. The second-order valence-corrected chi connectivity index (χ2v) is 14.0. The lowest BCUT2D eigenvalue weighted by atomic mass is 10.0. The SMILES string of the molecule is [2H]c1c(-c2ccccc2)c([2H])c2c(sc3c([2H])c(-c4nc(-c5ccc(-c6ccccc6)cc5)nc(-c5ccc6sc7ccccc7c6c5)n4)c([2H])c([2H])c32)c1[2H]. The van der Waals surface area contributed by atoms with Crippen molar-refractivity contribution in [1.82, 2.24) is 15.0 Å². The van der Waals surface area contributed by atoms with Crippen LogP contribution in [-0.4, -0.2) is 15.0 Å². The van der Waals surface area contributed by atoms with Gasteiger partial charge in [-0.05, 0) is 64.6 Å². The van der Waals surface area contributed by atoms with E-state index in [2.05, 4.69) is 24.3 Å². The van der Waals surface area contributed by atoms with Crippen LogP contribution in [-0.2, 0) is 0 Å². The lowest BCUT2D eigenvalue weighted by molar-refractivity contribution is 1.08. The van der Waals surface area contributed by atoms with Crippen molar-refractivity contribution >= 4 is 63.0 Å². The molecule has 0 saturated carbocycles. The average Bonchev–Trinajstić information content (AvgIpc) is 3.83. The van der Waals surface area contributed by atoms with Gasteiger partial charge in [-0.1, -0.05) is 121 Å². The fraction of sp³-hybridized carbons (Fsp3) is 0. The summed E-state index contributed by atoms with van der Waals surface area (Å²) in [5.74, 6) is 0.804. The first kappa shape index (κ1) is 23.4. The van der Waals surface area contributed by atoms with Crippen LogP contribution in [0.2, 0.25) is 0 Å². The Hall–Kier alpha value is -6.01. The zero-order chi connectivity index (χ0) is 38.2. The molecule has 3 aromatic heterocycles. The molecule has 0 spiro atoms. The summed E-state index contributed by atoms with van der Waals surface area (Å²) in [4.78, 5) is 14.8. The van der Waals surface area contributed by atoms with Crippen molar-refractivity contribution < 1.29 is 8.22 Å². The Morgan fingerprint density at radius 1 is 0.340 bits per heavy atom. The number of thiophene rings is 2. The number of fused-ring (bicyclic) bond motifs is 6. The first-order chi connectivity index (χ1) is 27.3. The molecule has 0 unspecified atom stereocenters. The zero-order valence-electron chi connectivity index (χ0n) is 32.3. The van der Waals surface area contributed by atoms with E-state index in [1.165, 1.54) is 4.70 Å². The molecule has 7 aromatic carbocycles. The van der Waals surface area contributed by atoms with Crippen LogP contribution in [0, 0.1) is 0 Å².